The van der Waals surface area contributed by atoms with Gasteiger partial charge in [0.05, 0.1) is 13.0 Å². The lowest BCUT2D eigenvalue weighted by atomic mass is 9.90. The Morgan fingerprint density at radius 3 is 2.17 bits per heavy atom. The van der Waals surface area contributed by atoms with E-state index >= 15 is 0 Å². The summed E-state index contributed by atoms with van der Waals surface area (Å²) in [5.74, 6) is 0.0262. The fourth-order valence-electron chi connectivity index (χ4n) is 3.18. The van der Waals surface area contributed by atoms with Gasteiger partial charge >= 0.3 is 0 Å². The Morgan fingerprint density at radius 1 is 1.04 bits per heavy atom. The van der Waals surface area contributed by atoms with Crippen LogP contribution in [-0.4, -0.2) is 36.7 Å². The number of β-lactam (4-membered cyclic amide) rings is 1. The van der Waals surface area contributed by atoms with Crippen LogP contribution in [-0.2, 0) is 25.7 Å². The molecule has 0 saturated carbocycles. The summed E-state index contributed by atoms with van der Waals surface area (Å²) in [7, 11) is 0. The van der Waals surface area contributed by atoms with Gasteiger partial charge in [-0.1, -0.05) is 0 Å². The van der Waals surface area contributed by atoms with Crippen LogP contribution in [0.15, 0.2) is 0 Å². The van der Waals surface area contributed by atoms with Crippen LogP contribution in [0.3, 0.4) is 0 Å². The summed E-state index contributed by atoms with van der Waals surface area (Å²) in [5, 5.41) is 0. The van der Waals surface area contributed by atoms with E-state index in [0.29, 0.717) is 32.7 Å². The average molecular weight is 333 g/mol. The maximum atomic E-state index is 11.5. The number of hydrogen-bond donors (Lipinski definition) is 0. The zero-order chi connectivity index (χ0) is 17.9. The first kappa shape index (κ1) is 18.5. The Kier molecular flexibility index (Phi) is 5.99. The summed E-state index contributed by atoms with van der Waals surface area (Å²) in [4.78, 5) is 23.4. The van der Waals surface area contributed by atoms with Crippen molar-refractivity contribution in [3.8, 4) is 0 Å². The first-order chi connectivity index (χ1) is 11.4. The highest BCUT2D eigenvalue weighted by atomic mass is 16.5. The summed E-state index contributed by atoms with van der Waals surface area (Å²) in [6, 6.07) is 0. The van der Waals surface area contributed by atoms with Crippen LogP contribution in [0.5, 0.6) is 0 Å². The third-order valence-corrected chi connectivity index (χ3v) is 5.32. The molecule has 1 aromatic rings. The molecule has 5 heteroatoms. The molecule has 0 N–H and O–H groups in total. The molecule has 0 radical (unpaired) electrons. The van der Waals surface area contributed by atoms with E-state index in [1.807, 2.05) is 0 Å². The molecule has 1 saturated heterocycles. The lowest BCUT2D eigenvalue weighted by molar-refractivity contribution is -0.176. The molecule has 132 valence electrons. The highest BCUT2D eigenvalue weighted by Crippen LogP contribution is 2.26. The fraction of sp³-hybridized carbons (Fsp3) is 0.579. The Bertz CT molecular complexity index is 608. The van der Waals surface area contributed by atoms with Gasteiger partial charge in [-0.25, -0.2) is 0 Å². The zero-order valence-electron chi connectivity index (χ0n) is 15.3. The zero-order valence-corrected chi connectivity index (χ0v) is 15.3. The molecule has 1 fully saturated rings. The normalized spacial score (nSPS) is 17.0. The van der Waals surface area contributed by atoms with E-state index in [9.17, 15) is 9.59 Å². The summed E-state index contributed by atoms with van der Waals surface area (Å²) >= 11 is 0. The van der Waals surface area contributed by atoms with Crippen LogP contribution in [0.1, 0.15) is 46.2 Å². The van der Waals surface area contributed by atoms with Gasteiger partial charge in [0.2, 0.25) is 5.91 Å². The molecule has 0 bridgehead atoms. The molecule has 0 spiro atoms. The van der Waals surface area contributed by atoms with E-state index < -0.39 is 0 Å². The van der Waals surface area contributed by atoms with Gasteiger partial charge in [-0.2, -0.15) is 0 Å². The molecule has 0 aliphatic carbocycles. The van der Waals surface area contributed by atoms with Gasteiger partial charge in [0.25, 0.3) is 6.47 Å². The number of benzene rings is 1. The largest absolute Gasteiger partial charge is 0.443 e. The van der Waals surface area contributed by atoms with E-state index in [2.05, 4.69) is 34.6 Å². The van der Waals surface area contributed by atoms with E-state index in [1.54, 1.807) is 4.90 Å². The molecule has 1 aliphatic rings. The lowest BCUT2D eigenvalue weighted by Gasteiger charge is -2.38. The predicted molar refractivity (Wildman–Crippen MR) is 91.7 cm³/mol. The van der Waals surface area contributed by atoms with Crippen molar-refractivity contribution < 1.29 is 19.1 Å². The predicted octanol–water partition coefficient (Wildman–Crippen LogP) is 2.87. The molecule has 1 atom stereocenters. The van der Waals surface area contributed by atoms with Crippen molar-refractivity contribution in [3.05, 3.63) is 33.4 Å². The van der Waals surface area contributed by atoms with Crippen molar-refractivity contribution in [3.63, 3.8) is 0 Å². The number of carbonyl (C=O) groups is 2. The Labute approximate surface area is 143 Å². The van der Waals surface area contributed by atoms with Crippen molar-refractivity contribution in [2.45, 2.75) is 60.3 Å². The van der Waals surface area contributed by atoms with E-state index in [1.165, 1.54) is 33.4 Å². The minimum Gasteiger partial charge on any atom is -0.443 e. The summed E-state index contributed by atoms with van der Waals surface area (Å²) in [5.41, 5.74) is 7.87. The number of rotatable bonds is 8. The van der Waals surface area contributed by atoms with Gasteiger partial charge in [-0.05, 0) is 74.4 Å². The molecule has 1 unspecified atom stereocenters. The Balaban J connectivity index is 1.83. The first-order valence-corrected chi connectivity index (χ1v) is 8.40. The summed E-state index contributed by atoms with van der Waals surface area (Å²) in [6.07, 6.45) is 0.633. The molecule has 24 heavy (non-hydrogen) atoms. The average Bonchev–Trinajstić information content (AvgIpc) is 2.56. The van der Waals surface area contributed by atoms with Gasteiger partial charge in [-0.15, -0.1) is 0 Å². The molecule has 1 amide bonds. The molecule has 1 aliphatic heterocycles. The first-order valence-electron chi connectivity index (χ1n) is 8.40. The third-order valence-electron chi connectivity index (χ3n) is 5.32. The quantitative estimate of drug-likeness (QED) is 0.417. The van der Waals surface area contributed by atoms with Crippen LogP contribution in [0.25, 0.3) is 0 Å². The van der Waals surface area contributed by atoms with Gasteiger partial charge in [0.1, 0.15) is 0 Å². The minimum absolute atomic E-state index is 0.0262. The molecule has 2 rings (SSSR count). The van der Waals surface area contributed by atoms with Gasteiger partial charge < -0.3 is 14.4 Å². The van der Waals surface area contributed by atoms with E-state index in [-0.39, 0.29) is 12.1 Å². The number of carbonyl (C=O) groups excluding carboxylic acids is 2. The van der Waals surface area contributed by atoms with Crippen molar-refractivity contribution in [1.29, 1.82) is 0 Å². The molecule has 5 nitrogen and oxygen atoms in total. The van der Waals surface area contributed by atoms with Crippen molar-refractivity contribution in [1.82, 2.24) is 4.90 Å². The number of amides is 1. The Hall–Kier alpha value is -1.88. The molecular weight excluding hydrogens is 306 g/mol. The second kappa shape index (κ2) is 7.79. The van der Waals surface area contributed by atoms with Gasteiger partial charge in [0, 0.05) is 13.2 Å². The molecule has 0 aromatic heterocycles. The minimum atomic E-state index is -0.387. The maximum Gasteiger partial charge on any atom is 0.295 e. The fourth-order valence-corrected chi connectivity index (χ4v) is 3.18. The highest BCUT2D eigenvalue weighted by molar-refractivity contribution is 5.82. The number of nitrogens with zero attached hydrogens (tertiary/aromatic N) is 1. The second-order valence-corrected chi connectivity index (χ2v) is 6.49. The number of hydrogen-bond acceptors (Lipinski definition) is 4. The second-order valence-electron chi connectivity index (χ2n) is 6.49. The SMILES string of the molecule is Cc1c(C)c(C)c(COCCCN2C(=O)CC2OC=O)c(C)c1C. The number of likely N-dealkylation sites (tertiary alicyclic amines) is 1. The topological polar surface area (TPSA) is 55.8 Å². The Morgan fingerprint density at radius 2 is 1.62 bits per heavy atom. The smallest absolute Gasteiger partial charge is 0.295 e. The van der Waals surface area contributed by atoms with Crippen molar-refractivity contribution in [2.75, 3.05) is 13.2 Å². The van der Waals surface area contributed by atoms with Crippen LogP contribution in [0, 0.1) is 34.6 Å². The lowest BCUT2D eigenvalue weighted by Crippen LogP contribution is -2.54. The van der Waals surface area contributed by atoms with Crippen LogP contribution < -0.4 is 0 Å². The standard InChI is InChI=1S/C19H27NO4/c1-12-13(2)15(4)17(16(5)14(12)3)10-23-8-6-7-20-18(22)9-19(20)24-11-21/h11,19H,6-10H2,1-5H3. The molecule has 1 aromatic carbocycles. The highest BCUT2D eigenvalue weighted by Gasteiger charge is 2.36. The van der Waals surface area contributed by atoms with E-state index in [4.69, 9.17) is 9.47 Å². The van der Waals surface area contributed by atoms with Gasteiger partial charge in [-0.3, -0.25) is 9.59 Å². The summed E-state index contributed by atoms with van der Waals surface area (Å²) in [6.45, 7) is 12.9. The number of ether oxygens (including phenoxy) is 2. The van der Waals surface area contributed by atoms with Crippen molar-refractivity contribution >= 4 is 12.4 Å². The van der Waals surface area contributed by atoms with E-state index in [0.717, 1.165) is 6.42 Å². The monoisotopic (exact) mass is 333 g/mol. The molecule has 1 heterocycles. The van der Waals surface area contributed by atoms with Crippen LogP contribution >= 0.6 is 0 Å². The van der Waals surface area contributed by atoms with Crippen LogP contribution in [0.4, 0.5) is 0 Å². The molecular formula is C19H27NO4. The van der Waals surface area contributed by atoms with Crippen molar-refractivity contribution in [2.24, 2.45) is 0 Å². The third kappa shape index (κ3) is 3.61. The summed E-state index contributed by atoms with van der Waals surface area (Å²) < 4.78 is 10.7. The van der Waals surface area contributed by atoms with Crippen LogP contribution in [0.2, 0.25) is 0 Å². The maximum absolute atomic E-state index is 11.5. The van der Waals surface area contributed by atoms with Gasteiger partial charge in [0.15, 0.2) is 6.23 Å².